The van der Waals surface area contributed by atoms with Gasteiger partial charge in [-0.15, -0.1) is 0 Å². The van der Waals surface area contributed by atoms with Crippen molar-refractivity contribution in [3.05, 3.63) is 51.5 Å². The summed E-state index contributed by atoms with van der Waals surface area (Å²) in [5.41, 5.74) is 3.27. The normalized spacial score (nSPS) is 28.2. The highest BCUT2D eigenvalue weighted by Crippen LogP contribution is 2.52. The summed E-state index contributed by atoms with van der Waals surface area (Å²) in [6, 6.07) is 2.18. The molecule has 0 fully saturated rings. The van der Waals surface area contributed by atoms with Crippen molar-refractivity contribution in [2.24, 2.45) is 23.5 Å². The van der Waals surface area contributed by atoms with E-state index >= 15 is 0 Å². The van der Waals surface area contributed by atoms with Crippen LogP contribution in [0.1, 0.15) is 48.2 Å². The molecule has 0 saturated heterocycles. The van der Waals surface area contributed by atoms with E-state index < -0.39 is 58.0 Å². The molecule has 1 aromatic carbocycles. The predicted molar refractivity (Wildman–Crippen MR) is 135 cm³/mol. The van der Waals surface area contributed by atoms with Crippen molar-refractivity contribution in [3.8, 4) is 5.75 Å². The number of likely N-dealkylation sites (N-methyl/N-ethyl adjacent to an activating group) is 1. The topological polar surface area (TPSA) is 173 Å². The number of aliphatic hydroxyl groups is 3. The van der Waals surface area contributed by atoms with Crippen LogP contribution in [0.5, 0.6) is 5.75 Å². The van der Waals surface area contributed by atoms with Gasteiger partial charge >= 0.3 is 0 Å². The largest absolute Gasteiger partial charge is 0.510 e. The first-order valence-corrected chi connectivity index (χ1v) is 12.5. The van der Waals surface area contributed by atoms with Crippen molar-refractivity contribution >= 4 is 17.5 Å². The quantitative estimate of drug-likeness (QED) is 0.293. The van der Waals surface area contributed by atoms with Crippen LogP contribution in [-0.4, -0.2) is 75.1 Å². The van der Waals surface area contributed by atoms with Crippen LogP contribution in [0.2, 0.25) is 0 Å². The number of aromatic hydroxyl groups is 1. The molecule has 1 aromatic rings. The number of rotatable bonds is 7. The van der Waals surface area contributed by atoms with Gasteiger partial charge < -0.3 is 31.5 Å². The minimum absolute atomic E-state index is 0.0311. The molecular weight excluding hydrogens is 478 g/mol. The second-order valence-corrected chi connectivity index (χ2v) is 10.7. The van der Waals surface area contributed by atoms with Gasteiger partial charge in [0, 0.05) is 18.0 Å². The number of phenols is 1. The lowest BCUT2D eigenvalue weighted by Gasteiger charge is -2.50. The number of nitrogens with one attached hydrogen (secondary N) is 1. The molecule has 0 bridgehead atoms. The Labute approximate surface area is 215 Å². The Morgan fingerprint density at radius 1 is 1.24 bits per heavy atom. The molecule has 7 N–H and O–H groups in total. The Balaban J connectivity index is 1.83. The summed E-state index contributed by atoms with van der Waals surface area (Å²) in [5.74, 6) is -6.00. The van der Waals surface area contributed by atoms with Crippen LogP contribution < -0.4 is 11.1 Å². The Kier molecular flexibility index (Phi) is 6.96. The van der Waals surface area contributed by atoms with Gasteiger partial charge in [-0.05, 0) is 62.5 Å². The average Bonchev–Trinajstić information content (AvgIpc) is 2.82. The standard InChI is InChI=1S/C27H35N3O7/c1-5-12(2)10-29-11-13-6-7-17(31)19-15(13)8-14-9-16-21(30(3)4)23(33)20(26(28)36)25(35)27(16,37)24(34)18(14)22(19)32/h6-7,12,14,16,21,29,31,33-34,37H,5,8-11H2,1-4H3,(H2,28,36)/t12?,14-,16-,21+,27-/m0/s1. The monoisotopic (exact) mass is 513 g/mol. The van der Waals surface area contributed by atoms with E-state index in [0.29, 0.717) is 18.0 Å². The molecule has 0 aliphatic heterocycles. The van der Waals surface area contributed by atoms with Gasteiger partial charge in [0.1, 0.15) is 22.8 Å². The predicted octanol–water partition coefficient (Wildman–Crippen LogP) is 1.26. The molecule has 37 heavy (non-hydrogen) atoms. The van der Waals surface area contributed by atoms with Crippen molar-refractivity contribution < 1.29 is 34.8 Å². The third-order valence-corrected chi connectivity index (χ3v) is 8.21. The van der Waals surface area contributed by atoms with Gasteiger partial charge in [-0.25, -0.2) is 0 Å². The van der Waals surface area contributed by atoms with Crippen molar-refractivity contribution in [2.45, 2.75) is 51.3 Å². The highest BCUT2D eigenvalue weighted by atomic mass is 16.3. The maximum absolute atomic E-state index is 13.7. The molecule has 4 rings (SSSR count). The molecule has 5 atom stereocenters. The van der Waals surface area contributed by atoms with Crippen molar-refractivity contribution in [1.82, 2.24) is 10.2 Å². The highest BCUT2D eigenvalue weighted by molar-refractivity contribution is 6.24. The number of hydrogen-bond donors (Lipinski definition) is 6. The van der Waals surface area contributed by atoms with Gasteiger partial charge in [-0.1, -0.05) is 26.3 Å². The number of phenolic OH excluding ortho intramolecular Hbond substituents is 1. The number of fused-ring (bicyclic) bond motifs is 3. The number of primary amides is 1. The van der Waals surface area contributed by atoms with Crippen LogP contribution in [0.25, 0.3) is 0 Å². The lowest BCUT2D eigenvalue weighted by atomic mass is 9.58. The maximum Gasteiger partial charge on any atom is 0.255 e. The first-order chi connectivity index (χ1) is 17.4. The number of nitrogens with two attached hydrogens (primary N) is 1. The van der Waals surface area contributed by atoms with Crippen molar-refractivity contribution in [2.75, 3.05) is 20.6 Å². The minimum Gasteiger partial charge on any atom is -0.510 e. The molecule has 0 aromatic heterocycles. The zero-order valence-corrected chi connectivity index (χ0v) is 21.5. The Morgan fingerprint density at radius 3 is 2.51 bits per heavy atom. The molecule has 10 nitrogen and oxygen atoms in total. The molecule has 0 spiro atoms. The molecule has 1 unspecified atom stereocenters. The first kappa shape index (κ1) is 26.8. The molecule has 200 valence electrons. The number of benzene rings is 1. The maximum atomic E-state index is 13.7. The molecule has 3 aliphatic rings. The third kappa shape index (κ3) is 4.03. The molecule has 0 heterocycles. The first-order valence-electron chi connectivity index (χ1n) is 12.5. The van der Waals surface area contributed by atoms with Crippen LogP contribution in [0.15, 0.2) is 34.8 Å². The summed E-state index contributed by atoms with van der Waals surface area (Å²) in [4.78, 5) is 40.6. The summed E-state index contributed by atoms with van der Waals surface area (Å²) >= 11 is 0. The number of ketones is 2. The summed E-state index contributed by atoms with van der Waals surface area (Å²) in [6.45, 7) is 5.50. The number of carbonyl (C=O) groups excluding carboxylic acids is 3. The van der Waals surface area contributed by atoms with Gasteiger partial charge in [0.15, 0.2) is 11.4 Å². The van der Waals surface area contributed by atoms with Gasteiger partial charge in [0.25, 0.3) is 5.91 Å². The zero-order chi connectivity index (χ0) is 27.4. The second kappa shape index (κ2) is 9.59. The number of hydrogen-bond acceptors (Lipinski definition) is 9. The van der Waals surface area contributed by atoms with E-state index in [0.717, 1.165) is 18.5 Å². The van der Waals surface area contributed by atoms with Gasteiger partial charge in [0.05, 0.1) is 11.6 Å². The highest BCUT2D eigenvalue weighted by Gasteiger charge is 2.63. The number of aliphatic hydroxyl groups excluding tert-OH is 2. The smallest absolute Gasteiger partial charge is 0.255 e. The van der Waals surface area contributed by atoms with Crippen molar-refractivity contribution in [1.29, 1.82) is 0 Å². The SMILES string of the molecule is CCC(C)CNCc1ccc(O)c2c1C[C@H]1C[C@H]3[C@@H](N(C)C)C(O)=C(C(N)=O)C(=O)[C@@]3(O)C(O)=C1C2=O. The molecule has 1 amide bonds. The number of amides is 1. The van der Waals surface area contributed by atoms with E-state index in [4.69, 9.17) is 5.73 Å². The fourth-order valence-corrected chi connectivity index (χ4v) is 6.08. The fraction of sp³-hybridized carbons (Fsp3) is 0.519. The van der Waals surface area contributed by atoms with Crippen LogP contribution >= 0.6 is 0 Å². The van der Waals surface area contributed by atoms with E-state index in [-0.39, 0.29) is 29.7 Å². The van der Waals surface area contributed by atoms with E-state index in [1.54, 1.807) is 20.2 Å². The van der Waals surface area contributed by atoms with Crippen LogP contribution in [-0.2, 0) is 22.6 Å². The van der Waals surface area contributed by atoms with Crippen molar-refractivity contribution in [3.63, 3.8) is 0 Å². The number of Topliss-reactive ketones (excluding diaryl/α,β-unsaturated/α-hetero) is 2. The van der Waals surface area contributed by atoms with E-state index in [1.165, 1.54) is 11.0 Å². The van der Waals surface area contributed by atoms with Gasteiger partial charge in [-0.3, -0.25) is 19.3 Å². The second-order valence-electron chi connectivity index (χ2n) is 10.7. The summed E-state index contributed by atoms with van der Waals surface area (Å²) in [5, 5.41) is 47.8. The van der Waals surface area contributed by atoms with Crippen LogP contribution in [0, 0.1) is 17.8 Å². The Bertz CT molecular complexity index is 1230. The number of nitrogens with zero attached hydrogens (tertiary/aromatic N) is 1. The molecule has 3 aliphatic carbocycles. The number of carbonyl (C=O) groups is 3. The van der Waals surface area contributed by atoms with E-state index in [9.17, 15) is 34.8 Å². The summed E-state index contributed by atoms with van der Waals surface area (Å²) in [6.07, 6.45) is 1.37. The third-order valence-electron chi connectivity index (χ3n) is 8.21. The summed E-state index contributed by atoms with van der Waals surface area (Å²) in [7, 11) is 3.21. The lowest BCUT2D eigenvalue weighted by molar-refractivity contribution is -0.148. The summed E-state index contributed by atoms with van der Waals surface area (Å²) < 4.78 is 0. The lowest BCUT2D eigenvalue weighted by Crippen LogP contribution is -2.63. The average molecular weight is 514 g/mol. The van der Waals surface area contributed by atoms with E-state index in [2.05, 4.69) is 19.2 Å². The molecule has 0 radical (unpaired) electrons. The Hall–Kier alpha value is -3.21. The van der Waals surface area contributed by atoms with Crippen LogP contribution in [0.4, 0.5) is 0 Å². The fourth-order valence-electron chi connectivity index (χ4n) is 6.08. The molecule has 0 saturated carbocycles. The Morgan fingerprint density at radius 2 is 1.92 bits per heavy atom. The molecule has 10 heteroatoms. The van der Waals surface area contributed by atoms with Gasteiger partial charge in [-0.2, -0.15) is 0 Å². The minimum atomic E-state index is -2.63. The molecular formula is C27H35N3O7. The van der Waals surface area contributed by atoms with Crippen LogP contribution in [0.3, 0.4) is 0 Å². The zero-order valence-electron chi connectivity index (χ0n) is 21.5. The van der Waals surface area contributed by atoms with E-state index in [1.807, 2.05) is 0 Å². The van der Waals surface area contributed by atoms with Gasteiger partial charge in [0.2, 0.25) is 5.78 Å². The number of allylic oxidation sites excluding steroid dienone is 1.